The van der Waals surface area contributed by atoms with Gasteiger partial charge in [-0.25, -0.2) is 0 Å². The van der Waals surface area contributed by atoms with E-state index in [0.717, 1.165) is 50.3 Å². The predicted molar refractivity (Wildman–Crippen MR) is 92.7 cm³/mol. The van der Waals surface area contributed by atoms with E-state index in [0.29, 0.717) is 0 Å². The minimum absolute atomic E-state index is 0.281. The summed E-state index contributed by atoms with van der Waals surface area (Å²) in [4.78, 5) is 8.86. The van der Waals surface area contributed by atoms with E-state index in [2.05, 4.69) is 20.1 Å². The molecule has 22 heavy (non-hydrogen) atoms. The quantitative estimate of drug-likeness (QED) is 0.885. The van der Waals surface area contributed by atoms with Crippen LogP contribution in [0.5, 0.6) is 0 Å². The van der Waals surface area contributed by atoms with Gasteiger partial charge in [0.15, 0.2) is 0 Å². The lowest BCUT2D eigenvalue weighted by atomic mass is 10.0. The predicted octanol–water partition coefficient (Wildman–Crippen LogP) is 1.98. The Morgan fingerprint density at radius 3 is 2.41 bits per heavy atom. The average molecular weight is 344 g/mol. The van der Waals surface area contributed by atoms with Gasteiger partial charge in [0.1, 0.15) is 0 Å². The van der Waals surface area contributed by atoms with E-state index in [1.54, 1.807) is 11.3 Å². The largest absolute Gasteiger partial charge is 0.395 e. The minimum Gasteiger partial charge on any atom is -0.395 e. The Labute approximate surface area is 142 Å². The highest BCUT2D eigenvalue weighted by atomic mass is 35.5. The fourth-order valence-electron chi connectivity index (χ4n) is 3.58. The molecule has 0 atom stereocenters. The van der Waals surface area contributed by atoms with Crippen molar-refractivity contribution in [1.82, 2.24) is 14.7 Å². The van der Waals surface area contributed by atoms with Crippen LogP contribution in [0.4, 0.5) is 0 Å². The third-order valence-corrected chi connectivity index (χ3v) is 6.33. The molecular weight excluding hydrogens is 318 g/mol. The summed E-state index contributed by atoms with van der Waals surface area (Å²) in [6.07, 6.45) is 2.53. The molecule has 2 fully saturated rings. The van der Waals surface area contributed by atoms with Gasteiger partial charge in [-0.1, -0.05) is 11.6 Å². The van der Waals surface area contributed by atoms with Crippen molar-refractivity contribution in [2.24, 2.45) is 0 Å². The Morgan fingerprint density at radius 1 is 1.09 bits per heavy atom. The van der Waals surface area contributed by atoms with Crippen LogP contribution in [0.1, 0.15) is 17.7 Å². The van der Waals surface area contributed by atoms with E-state index in [-0.39, 0.29) is 6.61 Å². The highest BCUT2D eigenvalue weighted by molar-refractivity contribution is 7.10. The van der Waals surface area contributed by atoms with Crippen molar-refractivity contribution in [1.29, 1.82) is 0 Å². The highest BCUT2D eigenvalue weighted by Gasteiger charge is 2.27. The van der Waals surface area contributed by atoms with Gasteiger partial charge < -0.3 is 5.11 Å². The highest BCUT2D eigenvalue weighted by Crippen LogP contribution is 2.26. The van der Waals surface area contributed by atoms with Gasteiger partial charge in [0.25, 0.3) is 0 Å². The van der Waals surface area contributed by atoms with Crippen LogP contribution in [0.25, 0.3) is 0 Å². The zero-order chi connectivity index (χ0) is 15.4. The first-order valence-electron chi connectivity index (χ1n) is 8.28. The van der Waals surface area contributed by atoms with Crippen molar-refractivity contribution in [3.8, 4) is 0 Å². The van der Waals surface area contributed by atoms with Gasteiger partial charge in [0.05, 0.1) is 11.6 Å². The third kappa shape index (κ3) is 4.22. The molecule has 0 bridgehead atoms. The fraction of sp³-hybridized carbons (Fsp3) is 0.750. The zero-order valence-electron chi connectivity index (χ0n) is 13.1. The molecule has 1 aromatic rings. The van der Waals surface area contributed by atoms with Crippen LogP contribution in [0.2, 0.25) is 5.02 Å². The molecule has 0 radical (unpaired) electrons. The smallest absolute Gasteiger partial charge is 0.0558 e. The molecule has 2 saturated heterocycles. The molecule has 1 N–H and O–H groups in total. The Bertz CT molecular complexity index is 454. The number of piperidine rings is 1. The molecular formula is C16H26ClN3OS. The standard InChI is InChI=1S/C16H26ClN3OS/c17-15-3-12-22-16(15)13-19-4-1-14(2-5-19)20-8-6-18(7-9-20)10-11-21/h3,12,14,21H,1-2,4-11,13H2. The lowest BCUT2D eigenvalue weighted by molar-refractivity contribution is 0.0518. The fourth-order valence-corrected chi connectivity index (χ4v) is 4.71. The molecule has 0 amide bonds. The minimum atomic E-state index is 0.281. The number of thiophene rings is 1. The van der Waals surface area contributed by atoms with Crippen molar-refractivity contribution >= 4 is 22.9 Å². The number of piperazine rings is 1. The number of rotatable bonds is 5. The van der Waals surface area contributed by atoms with Crippen molar-refractivity contribution in [3.63, 3.8) is 0 Å². The lowest BCUT2D eigenvalue weighted by Crippen LogP contribution is -2.53. The van der Waals surface area contributed by atoms with Crippen LogP contribution in [0, 0.1) is 0 Å². The third-order valence-electron chi connectivity index (χ3n) is 4.95. The normalized spacial score (nSPS) is 23.2. The van der Waals surface area contributed by atoms with Crippen LogP contribution in [0.15, 0.2) is 11.4 Å². The van der Waals surface area contributed by atoms with Crippen LogP contribution < -0.4 is 0 Å². The number of likely N-dealkylation sites (tertiary alicyclic amines) is 1. The summed E-state index contributed by atoms with van der Waals surface area (Å²) in [6.45, 7) is 8.98. The molecule has 0 unspecified atom stereocenters. The Kier molecular flexibility index (Phi) is 6.13. The van der Waals surface area contributed by atoms with Crippen molar-refractivity contribution < 1.29 is 5.11 Å². The van der Waals surface area contributed by atoms with E-state index >= 15 is 0 Å². The Hall–Kier alpha value is -0.170. The first kappa shape index (κ1) is 16.7. The first-order valence-corrected chi connectivity index (χ1v) is 9.53. The SMILES string of the molecule is OCCN1CCN(C2CCN(Cc3sccc3Cl)CC2)CC1. The number of aliphatic hydroxyl groups excluding tert-OH is 1. The summed E-state index contributed by atoms with van der Waals surface area (Å²) >= 11 is 7.97. The van der Waals surface area contributed by atoms with Gasteiger partial charge in [-0.3, -0.25) is 14.7 Å². The molecule has 0 spiro atoms. The molecule has 3 rings (SSSR count). The monoisotopic (exact) mass is 343 g/mol. The molecule has 2 aliphatic rings. The molecule has 124 valence electrons. The number of hydrogen-bond acceptors (Lipinski definition) is 5. The number of β-amino-alcohol motifs (C(OH)–C–C–N with tert-alkyl or cyclic N) is 1. The van der Waals surface area contributed by atoms with Crippen LogP contribution in [-0.2, 0) is 6.54 Å². The summed E-state index contributed by atoms with van der Waals surface area (Å²) in [5.41, 5.74) is 0. The molecule has 3 heterocycles. The number of nitrogens with zero attached hydrogens (tertiary/aromatic N) is 3. The zero-order valence-corrected chi connectivity index (χ0v) is 14.7. The Morgan fingerprint density at radius 2 is 1.82 bits per heavy atom. The summed E-state index contributed by atoms with van der Waals surface area (Å²) in [5.74, 6) is 0. The Balaban J connectivity index is 1.41. The number of hydrogen-bond donors (Lipinski definition) is 1. The van der Waals surface area contributed by atoms with Crippen molar-refractivity contribution in [2.75, 3.05) is 52.4 Å². The van der Waals surface area contributed by atoms with E-state index in [4.69, 9.17) is 16.7 Å². The summed E-state index contributed by atoms with van der Waals surface area (Å²) in [7, 11) is 0. The van der Waals surface area contributed by atoms with E-state index < -0.39 is 0 Å². The summed E-state index contributed by atoms with van der Waals surface area (Å²) < 4.78 is 0. The average Bonchev–Trinajstić information content (AvgIpc) is 2.94. The maximum Gasteiger partial charge on any atom is 0.0558 e. The van der Waals surface area contributed by atoms with Crippen LogP contribution in [0.3, 0.4) is 0 Å². The molecule has 4 nitrogen and oxygen atoms in total. The van der Waals surface area contributed by atoms with Gasteiger partial charge >= 0.3 is 0 Å². The second-order valence-corrected chi connectivity index (χ2v) is 7.71. The molecule has 6 heteroatoms. The second-order valence-electron chi connectivity index (χ2n) is 6.30. The maximum absolute atomic E-state index is 9.02. The maximum atomic E-state index is 9.02. The number of aliphatic hydroxyl groups is 1. The molecule has 0 aliphatic carbocycles. The van der Waals surface area contributed by atoms with Crippen LogP contribution >= 0.6 is 22.9 Å². The second kappa shape index (κ2) is 8.08. The van der Waals surface area contributed by atoms with Crippen LogP contribution in [-0.4, -0.2) is 78.3 Å². The van der Waals surface area contributed by atoms with E-state index in [9.17, 15) is 0 Å². The van der Waals surface area contributed by atoms with Gasteiger partial charge in [0, 0.05) is 63.3 Å². The van der Waals surface area contributed by atoms with Gasteiger partial charge in [-0.15, -0.1) is 11.3 Å². The van der Waals surface area contributed by atoms with E-state index in [1.807, 2.05) is 6.07 Å². The molecule has 1 aromatic heterocycles. The van der Waals surface area contributed by atoms with Gasteiger partial charge in [0.2, 0.25) is 0 Å². The number of halogens is 1. The van der Waals surface area contributed by atoms with Crippen molar-refractivity contribution in [2.45, 2.75) is 25.4 Å². The van der Waals surface area contributed by atoms with E-state index in [1.165, 1.54) is 30.8 Å². The lowest BCUT2D eigenvalue weighted by Gasteiger charge is -2.42. The molecule has 0 saturated carbocycles. The van der Waals surface area contributed by atoms with Gasteiger partial charge in [-0.2, -0.15) is 0 Å². The topological polar surface area (TPSA) is 30.0 Å². The molecule has 0 aromatic carbocycles. The van der Waals surface area contributed by atoms with Crippen molar-refractivity contribution in [3.05, 3.63) is 21.3 Å². The first-order chi connectivity index (χ1) is 10.8. The summed E-state index contributed by atoms with van der Waals surface area (Å²) in [6, 6.07) is 2.74. The molecule has 2 aliphatic heterocycles. The summed E-state index contributed by atoms with van der Waals surface area (Å²) in [5, 5.41) is 12.0. The van der Waals surface area contributed by atoms with Gasteiger partial charge in [-0.05, 0) is 24.3 Å².